The normalized spacial score (nSPS) is 44.6. The summed E-state index contributed by atoms with van der Waals surface area (Å²) in [6.45, 7) is 0. The van der Waals surface area contributed by atoms with E-state index in [1.165, 1.54) is 19.3 Å². The molecular formula is C7H13O2PS. The molecule has 2 bridgehead atoms. The third kappa shape index (κ3) is 1.67. The van der Waals surface area contributed by atoms with Crippen molar-refractivity contribution >= 4 is 19.0 Å². The largest absolute Gasteiger partial charge is 0.347 e. The topological polar surface area (TPSA) is 29.5 Å². The third-order valence-corrected chi connectivity index (χ3v) is 3.72. The Hall–Kier alpha value is 0.570. The molecule has 0 heterocycles. The highest BCUT2D eigenvalue weighted by Crippen LogP contribution is 2.47. The van der Waals surface area contributed by atoms with Crippen LogP contribution in [0.2, 0.25) is 0 Å². The predicted molar refractivity (Wildman–Crippen MR) is 48.2 cm³/mol. The van der Waals surface area contributed by atoms with Gasteiger partial charge in [0.15, 0.2) is 7.15 Å². The van der Waals surface area contributed by atoms with Crippen LogP contribution in [-0.2, 0) is 16.3 Å². The van der Waals surface area contributed by atoms with Crippen molar-refractivity contribution in [3.05, 3.63) is 0 Å². The molecule has 0 saturated heterocycles. The van der Waals surface area contributed by atoms with E-state index in [9.17, 15) is 0 Å². The Morgan fingerprint density at radius 2 is 2.18 bits per heavy atom. The van der Waals surface area contributed by atoms with Gasteiger partial charge in [0, 0.05) is 0 Å². The molecule has 64 valence electrons. The van der Waals surface area contributed by atoms with Crippen molar-refractivity contribution in [2.75, 3.05) is 0 Å². The van der Waals surface area contributed by atoms with Crippen LogP contribution < -0.4 is 0 Å². The minimum Gasteiger partial charge on any atom is -0.347 e. The minimum atomic E-state index is -1.86. The van der Waals surface area contributed by atoms with Crippen molar-refractivity contribution < 1.29 is 9.42 Å². The molecule has 0 aliphatic heterocycles. The van der Waals surface area contributed by atoms with Crippen LogP contribution in [0.25, 0.3) is 0 Å². The molecule has 4 atom stereocenters. The summed E-state index contributed by atoms with van der Waals surface area (Å²) in [6, 6.07) is 0. The maximum Gasteiger partial charge on any atom is 0.173 e. The monoisotopic (exact) mass is 192 g/mol. The molecule has 2 fully saturated rings. The van der Waals surface area contributed by atoms with Gasteiger partial charge in [-0.25, -0.2) is 0 Å². The molecule has 0 aromatic carbocycles. The summed E-state index contributed by atoms with van der Waals surface area (Å²) < 4.78 is 5.32. The summed E-state index contributed by atoms with van der Waals surface area (Å²) in [5.41, 5.74) is 0. The highest BCUT2D eigenvalue weighted by molar-refractivity contribution is 8.00. The van der Waals surface area contributed by atoms with Gasteiger partial charge < -0.3 is 9.42 Å². The fourth-order valence-corrected chi connectivity index (χ4v) is 3.38. The second-order valence-corrected chi connectivity index (χ2v) is 5.41. The molecule has 11 heavy (non-hydrogen) atoms. The van der Waals surface area contributed by atoms with E-state index in [0.717, 1.165) is 18.3 Å². The standard InChI is InChI=1S/C7H13O2PS/c8-10(11)9-7-4-5-1-2-6(7)3-5/h5-7,10H,1-4H2,(H,8,11). The minimum absolute atomic E-state index is 0.310. The molecule has 1 N–H and O–H groups in total. The Morgan fingerprint density at radius 3 is 2.64 bits per heavy atom. The van der Waals surface area contributed by atoms with Crippen molar-refractivity contribution in [1.29, 1.82) is 0 Å². The number of fused-ring (bicyclic) bond motifs is 2. The Kier molecular flexibility index (Phi) is 2.33. The lowest BCUT2D eigenvalue weighted by Crippen LogP contribution is -2.17. The summed E-state index contributed by atoms with van der Waals surface area (Å²) in [7, 11) is -1.86. The first kappa shape index (κ1) is 8.18. The predicted octanol–water partition coefficient (Wildman–Crippen LogP) is 1.69. The maximum atomic E-state index is 8.94. The van der Waals surface area contributed by atoms with Gasteiger partial charge in [-0.15, -0.1) is 0 Å². The quantitative estimate of drug-likeness (QED) is 0.675. The van der Waals surface area contributed by atoms with Crippen LogP contribution in [0.15, 0.2) is 0 Å². The van der Waals surface area contributed by atoms with Gasteiger partial charge in [0.2, 0.25) is 0 Å². The van der Waals surface area contributed by atoms with Crippen LogP contribution in [0.3, 0.4) is 0 Å². The molecule has 0 aromatic heterocycles. The highest BCUT2D eigenvalue weighted by atomic mass is 32.4. The SMILES string of the molecule is O[PH](=S)OC1CC2CCC1C2. The first-order valence-corrected chi connectivity index (χ1v) is 6.64. The van der Waals surface area contributed by atoms with E-state index < -0.39 is 7.15 Å². The molecule has 2 nitrogen and oxygen atoms in total. The average molecular weight is 192 g/mol. The van der Waals surface area contributed by atoms with E-state index in [1.807, 2.05) is 0 Å². The second-order valence-electron chi connectivity index (χ2n) is 3.60. The first-order valence-electron chi connectivity index (χ1n) is 4.15. The number of hydrogen-bond acceptors (Lipinski definition) is 2. The lowest BCUT2D eigenvalue weighted by Gasteiger charge is -2.20. The van der Waals surface area contributed by atoms with Gasteiger partial charge in [-0.2, -0.15) is 0 Å². The molecule has 0 amide bonds. The summed E-state index contributed by atoms with van der Waals surface area (Å²) in [6.07, 6.45) is 5.44. The van der Waals surface area contributed by atoms with E-state index in [-0.39, 0.29) is 0 Å². The Bertz CT molecular complexity index is 185. The zero-order valence-electron chi connectivity index (χ0n) is 6.32. The van der Waals surface area contributed by atoms with Crippen LogP contribution >= 0.6 is 7.15 Å². The fraction of sp³-hybridized carbons (Fsp3) is 1.00. The first-order chi connectivity index (χ1) is 5.25. The van der Waals surface area contributed by atoms with Crippen molar-refractivity contribution in [1.82, 2.24) is 0 Å². The van der Waals surface area contributed by atoms with Crippen molar-refractivity contribution in [3.8, 4) is 0 Å². The molecular weight excluding hydrogens is 179 g/mol. The lowest BCUT2D eigenvalue weighted by atomic mass is 9.98. The van der Waals surface area contributed by atoms with E-state index in [4.69, 9.17) is 9.42 Å². The van der Waals surface area contributed by atoms with Gasteiger partial charge in [-0.05, 0) is 49.3 Å². The molecule has 2 rings (SSSR count). The maximum absolute atomic E-state index is 8.94. The van der Waals surface area contributed by atoms with Crippen LogP contribution in [-0.4, -0.2) is 11.0 Å². The molecule has 2 aliphatic carbocycles. The van der Waals surface area contributed by atoms with Gasteiger partial charge in [0.05, 0.1) is 6.10 Å². The van der Waals surface area contributed by atoms with Crippen LogP contribution in [0.5, 0.6) is 0 Å². The van der Waals surface area contributed by atoms with Crippen molar-refractivity contribution in [2.24, 2.45) is 11.8 Å². The zero-order chi connectivity index (χ0) is 7.84. The Labute approximate surface area is 72.5 Å². The molecule has 0 aromatic rings. The Balaban J connectivity index is 1.92. The van der Waals surface area contributed by atoms with Gasteiger partial charge in [-0.3, -0.25) is 0 Å². The second kappa shape index (κ2) is 3.14. The van der Waals surface area contributed by atoms with Crippen molar-refractivity contribution in [3.63, 3.8) is 0 Å². The average Bonchev–Trinajstić information content (AvgIpc) is 2.45. The summed E-state index contributed by atoms with van der Waals surface area (Å²) in [5.74, 6) is 1.59. The summed E-state index contributed by atoms with van der Waals surface area (Å²) in [4.78, 5) is 8.94. The Morgan fingerprint density at radius 1 is 1.36 bits per heavy atom. The molecule has 4 heteroatoms. The summed E-state index contributed by atoms with van der Waals surface area (Å²) in [5, 5.41) is 0. The highest BCUT2D eigenvalue weighted by Gasteiger charge is 2.40. The van der Waals surface area contributed by atoms with Gasteiger partial charge in [-0.1, -0.05) is 0 Å². The van der Waals surface area contributed by atoms with Crippen LogP contribution in [0.4, 0.5) is 0 Å². The molecule has 2 saturated carbocycles. The van der Waals surface area contributed by atoms with E-state index in [1.54, 1.807) is 0 Å². The molecule has 0 spiro atoms. The van der Waals surface area contributed by atoms with Crippen LogP contribution in [0.1, 0.15) is 25.7 Å². The number of rotatable bonds is 2. The van der Waals surface area contributed by atoms with Gasteiger partial charge in [0.1, 0.15) is 0 Å². The summed E-state index contributed by atoms with van der Waals surface area (Å²) >= 11 is 4.67. The van der Waals surface area contributed by atoms with E-state index in [2.05, 4.69) is 11.8 Å². The zero-order valence-corrected chi connectivity index (χ0v) is 8.14. The molecule has 4 unspecified atom stereocenters. The van der Waals surface area contributed by atoms with Crippen molar-refractivity contribution in [2.45, 2.75) is 31.8 Å². The molecule has 0 radical (unpaired) electrons. The smallest absolute Gasteiger partial charge is 0.173 e. The van der Waals surface area contributed by atoms with Crippen LogP contribution in [0, 0.1) is 11.8 Å². The van der Waals surface area contributed by atoms with E-state index in [0.29, 0.717) is 6.10 Å². The van der Waals surface area contributed by atoms with Gasteiger partial charge in [0.25, 0.3) is 0 Å². The molecule has 2 aliphatic rings. The van der Waals surface area contributed by atoms with Gasteiger partial charge >= 0.3 is 0 Å². The fourth-order valence-electron chi connectivity index (χ4n) is 2.46. The van der Waals surface area contributed by atoms with E-state index >= 15 is 0 Å². The number of hydrogen-bond donors (Lipinski definition) is 1. The third-order valence-electron chi connectivity index (χ3n) is 2.93. The lowest BCUT2D eigenvalue weighted by molar-refractivity contribution is 0.146.